The fraction of sp³-hybridized carbons (Fsp3) is 0.273. The molecule has 2 aromatic rings. The first-order valence-corrected chi connectivity index (χ1v) is 11.0. The molecule has 0 aromatic heterocycles. The van der Waals surface area contributed by atoms with Gasteiger partial charge in [-0.15, -0.1) is 0 Å². The standard InChI is InChI=1S/C22H22ClNO3S2/c1-4-14(3)27-18-11-6-15(12-19(18)26-5-2)13-20-21(25)24(22(28)29-20)17-9-7-16(23)8-10-17/h6-14H,4-5H2,1-3H3/b20-13-/t14-/m0/s1. The van der Waals surface area contributed by atoms with Crippen LogP contribution in [0, 0.1) is 0 Å². The number of carbonyl (C=O) groups excluding carboxylic acids is 1. The fourth-order valence-electron chi connectivity index (χ4n) is 2.71. The van der Waals surface area contributed by atoms with Crippen molar-refractivity contribution in [3.05, 3.63) is 58.0 Å². The van der Waals surface area contributed by atoms with Crippen LogP contribution >= 0.6 is 35.6 Å². The normalized spacial score (nSPS) is 16.4. The Morgan fingerprint density at radius 3 is 2.55 bits per heavy atom. The average molecular weight is 448 g/mol. The summed E-state index contributed by atoms with van der Waals surface area (Å²) in [5.74, 6) is 1.21. The zero-order chi connectivity index (χ0) is 21.0. The van der Waals surface area contributed by atoms with E-state index in [0.29, 0.717) is 38.0 Å². The minimum Gasteiger partial charge on any atom is -0.490 e. The Bertz CT molecular complexity index is 944. The Hall–Kier alpha value is -2.02. The lowest BCUT2D eigenvalue weighted by Crippen LogP contribution is -2.27. The van der Waals surface area contributed by atoms with Crippen LogP contribution in [-0.2, 0) is 4.79 Å². The Labute approximate surface area is 185 Å². The first-order valence-electron chi connectivity index (χ1n) is 9.40. The molecule has 7 heteroatoms. The second kappa shape index (κ2) is 9.65. The number of thiocarbonyl (C=S) groups is 1. The van der Waals surface area contributed by atoms with Gasteiger partial charge in [0.15, 0.2) is 15.8 Å². The van der Waals surface area contributed by atoms with Gasteiger partial charge < -0.3 is 9.47 Å². The third-order valence-corrected chi connectivity index (χ3v) is 5.90. The predicted octanol–water partition coefficient (Wildman–Crippen LogP) is 6.32. The zero-order valence-corrected chi connectivity index (χ0v) is 18.9. The number of hydrogen-bond acceptors (Lipinski definition) is 5. The van der Waals surface area contributed by atoms with E-state index < -0.39 is 0 Å². The third kappa shape index (κ3) is 5.13. The van der Waals surface area contributed by atoms with Crippen molar-refractivity contribution in [2.45, 2.75) is 33.3 Å². The number of benzene rings is 2. The van der Waals surface area contributed by atoms with E-state index in [-0.39, 0.29) is 12.0 Å². The highest BCUT2D eigenvalue weighted by Crippen LogP contribution is 2.37. The van der Waals surface area contributed by atoms with Gasteiger partial charge in [-0.3, -0.25) is 9.69 Å². The number of anilines is 1. The van der Waals surface area contributed by atoms with Gasteiger partial charge in [0.25, 0.3) is 5.91 Å². The molecule has 0 spiro atoms. The molecule has 0 N–H and O–H groups in total. The molecule has 0 aliphatic carbocycles. The Morgan fingerprint density at radius 2 is 1.90 bits per heavy atom. The molecule has 3 rings (SSSR count). The van der Waals surface area contributed by atoms with Gasteiger partial charge in [-0.05, 0) is 68.3 Å². The topological polar surface area (TPSA) is 38.8 Å². The van der Waals surface area contributed by atoms with Crippen molar-refractivity contribution in [1.82, 2.24) is 0 Å². The monoisotopic (exact) mass is 447 g/mol. The summed E-state index contributed by atoms with van der Waals surface area (Å²) >= 11 is 12.6. The molecular weight excluding hydrogens is 426 g/mol. The maximum Gasteiger partial charge on any atom is 0.270 e. The molecule has 0 unspecified atom stereocenters. The maximum absolute atomic E-state index is 12.9. The summed E-state index contributed by atoms with van der Waals surface area (Å²) in [6.45, 7) is 6.55. The first kappa shape index (κ1) is 21.7. The van der Waals surface area contributed by atoms with Crippen LogP contribution in [0.2, 0.25) is 5.02 Å². The largest absolute Gasteiger partial charge is 0.490 e. The Kier molecular flexibility index (Phi) is 7.22. The van der Waals surface area contributed by atoms with Gasteiger partial charge in [0.1, 0.15) is 0 Å². The Balaban J connectivity index is 1.87. The van der Waals surface area contributed by atoms with Gasteiger partial charge in [0.05, 0.1) is 23.3 Å². The van der Waals surface area contributed by atoms with Gasteiger partial charge >= 0.3 is 0 Å². The van der Waals surface area contributed by atoms with Crippen molar-refractivity contribution < 1.29 is 14.3 Å². The van der Waals surface area contributed by atoms with Gasteiger partial charge in [0, 0.05) is 5.02 Å². The lowest BCUT2D eigenvalue weighted by atomic mass is 10.1. The molecule has 1 amide bonds. The summed E-state index contributed by atoms with van der Waals surface area (Å²) in [4.78, 5) is 15.0. The highest BCUT2D eigenvalue weighted by Gasteiger charge is 2.33. The van der Waals surface area contributed by atoms with Gasteiger partial charge in [0.2, 0.25) is 0 Å². The number of thioether (sulfide) groups is 1. The van der Waals surface area contributed by atoms with Crippen molar-refractivity contribution in [2.75, 3.05) is 11.5 Å². The van der Waals surface area contributed by atoms with Gasteiger partial charge in [-0.2, -0.15) is 0 Å². The minimum atomic E-state index is -0.153. The average Bonchev–Trinajstić information content (AvgIpc) is 2.98. The predicted molar refractivity (Wildman–Crippen MR) is 125 cm³/mol. The number of nitrogens with zero attached hydrogens (tertiary/aromatic N) is 1. The van der Waals surface area contributed by atoms with E-state index in [9.17, 15) is 4.79 Å². The summed E-state index contributed by atoms with van der Waals surface area (Å²) < 4.78 is 12.2. The molecule has 0 saturated carbocycles. The van der Waals surface area contributed by atoms with Crippen LogP contribution in [0.15, 0.2) is 47.4 Å². The van der Waals surface area contributed by atoms with Crippen molar-refractivity contribution in [3.63, 3.8) is 0 Å². The zero-order valence-electron chi connectivity index (χ0n) is 16.5. The quantitative estimate of drug-likeness (QED) is 0.366. The van der Waals surface area contributed by atoms with Crippen LogP contribution in [0.3, 0.4) is 0 Å². The van der Waals surface area contributed by atoms with E-state index in [1.165, 1.54) is 16.7 Å². The second-order valence-corrected chi connectivity index (χ2v) is 8.58. The van der Waals surface area contributed by atoms with Crippen LogP contribution < -0.4 is 14.4 Å². The van der Waals surface area contributed by atoms with Crippen molar-refractivity contribution >= 4 is 57.6 Å². The summed E-state index contributed by atoms with van der Waals surface area (Å²) in [6, 6.07) is 12.7. The number of halogens is 1. The van der Waals surface area contributed by atoms with Gasteiger partial charge in [-0.1, -0.05) is 48.6 Å². The molecule has 2 aromatic carbocycles. The van der Waals surface area contributed by atoms with Crippen LogP contribution in [0.1, 0.15) is 32.8 Å². The van der Waals surface area contributed by atoms with E-state index in [0.717, 1.165) is 12.0 Å². The first-order chi connectivity index (χ1) is 13.9. The highest BCUT2D eigenvalue weighted by molar-refractivity contribution is 8.27. The highest BCUT2D eigenvalue weighted by atomic mass is 35.5. The molecular formula is C22H22ClNO3S2. The number of carbonyl (C=O) groups is 1. The summed E-state index contributed by atoms with van der Waals surface area (Å²) in [7, 11) is 0. The lowest BCUT2D eigenvalue weighted by Gasteiger charge is -2.16. The van der Waals surface area contributed by atoms with Crippen LogP contribution in [0.25, 0.3) is 6.08 Å². The van der Waals surface area contributed by atoms with Crippen LogP contribution in [0.5, 0.6) is 11.5 Å². The van der Waals surface area contributed by atoms with Crippen molar-refractivity contribution in [2.24, 2.45) is 0 Å². The van der Waals surface area contributed by atoms with E-state index in [4.69, 9.17) is 33.3 Å². The molecule has 0 bridgehead atoms. The maximum atomic E-state index is 12.9. The molecule has 4 nitrogen and oxygen atoms in total. The molecule has 29 heavy (non-hydrogen) atoms. The summed E-state index contributed by atoms with van der Waals surface area (Å²) in [5, 5.41) is 0.609. The van der Waals surface area contributed by atoms with Crippen LogP contribution in [0.4, 0.5) is 5.69 Å². The number of hydrogen-bond donors (Lipinski definition) is 0. The number of amides is 1. The van der Waals surface area contributed by atoms with E-state index in [1.54, 1.807) is 24.3 Å². The minimum absolute atomic E-state index is 0.0932. The molecule has 152 valence electrons. The van der Waals surface area contributed by atoms with Gasteiger partial charge in [-0.25, -0.2) is 0 Å². The molecule has 1 saturated heterocycles. The van der Waals surface area contributed by atoms with Crippen LogP contribution in [-0.4, -0.2) is 22.9 Å². The molecule has 1 atom stereocenters. The molecule has 1 aliphatic rings. The summed E-state index contributed by atoms with van der Waals surface area (Å²) in [5.41, 5.74) is 1.55. The smallest absolute Gasteiger partial charge is 0.270 e. The lowest BCUT2D eigenvalue weighted by molar-refractivity contribution is -0.113. The van der Waals surface area contributed by atoms with Crippen molar-refractivity contribution in [1.29, 1.82) is 0 Å². The molecule has 1 aliphatic heterocycles. The van der Waals surface area contributed by atoms with E-state index in [2.05, 4.69) is 6.92 Å². The van der Waals surface area contributed by atoms with E-state index in [1.807, 2.05) is 38.1 Å². The molecule has 0 radical (unpaired) electrons. The third-order valence-electron chi connectivity index (χ3n) is 4.35. The molecule has 1 fully saturated rings. The number of rotatable bonds is 7. The molecule has 1 heterocycles. The Morgan fingerprint density at radius 1 is 1.17 bits per heavy atom. The summed E-state index contributed by atoms with van der Waals surface area (Å²) in [6.07, 6.45) is 2.82. The fourth-order valence-corrected chi connectivity index (χ4v) is 4.14. The number of ether oxygens (including phenoxy) is 2. The van der Waals surface area contributed by atoms with Crippen molar-refractivity contribution in [3.8, 4) is 11.5 Å². The van der Waals surface area contributed by atoms with E-state index >= 15 is 0 Å². The SMILES string of the molecule is CCOc1cc(/C=C2\SC(=S)N(c3ccc(Cl)cc3)C2=O)ccc1O[C@@H](C)CC. The second-order valence-electron chi connectivity index (χ2n) is 6.47.